The number of allylic oxidation sites excluding steroid dienone is 3. The van der Waals surface area contributed by atoms with Crippen molar-refractivity contribution in [2.45, 2.75) is 113 Å². The number of rotatable bonds is 2. The monoisotopic (exact) mass is 625 g/mol. The van der Waals surface area contributed by atoms with Gasteiger partial charge in [-0.1, -0.05) is 66.2 Å². The summed E-state index contributed by atoms with van der Waals surface area (Å²) in [5, 5.41) is 3.52. The number of aromatic nitrogens is 1. The molecular formula is C41H59N3O2. The Morgan fingerprint density at radius 2 is 1.76 bits per heavy atom. The van der Waals surface area contributed by atoms with Crippen molar-refractivity contribution in [1.82, 2.24) is 15.2 Å². The predicted molar refractivity (Wildman–Crippen MR) is 186 cm³/mol. The highest BCUT2D eigenvalue weighted by Gasteiger charge is 2.69. The maximum Gasteiger partial charge on any atom is 0.229 e. The van der Waals surface area contributed by atoms with Crippen LogP contribution in [0.2, 0.25) is 0 Å². The smallest absolute Gasteiger partial charge is 0.229 e. The first-order chi connectivity index (χ1) is 21.7. The van der Waals surface area contributed by atoms with E-state index in [0.717, 1.165) is 95.1 Å². The number of nitrogens with one attached hydrogen (secondary N) is 1. The van der Waals surface area contributed by atoms with Crippen LogP contribution in [0.4, 0.5) is 0 Å². The van der Waals surface area contributed by atoms with Gasteiger partial charge < -0.3 is 10.2 Å². The van der Waals surface area contributed by atoms with Crippen LogP contribution >= 0.6 is 0 Å². The first kappa shape index (κ1) is 32.3. The zero-order valence-corrected chi connectivity index (χ0v) is 29.8. The van der Waals surface area contributed by atoms with E-state index in [9.17, 15) is 9.59 Å². The van der Waals surface area contributed by atoms with Crippen LogP contribution in [0.1, 0.15) is 118 Å². The molecule has 5 nitrogen and oxygen atoms in total. The van der Waals surface area contributed by atoms with E-state index in [-0.39, 0.29) is 27.1 Å². The standard InChI is InChI=1S/C41H59N3O2/c1-36(2)15-17-41(35(46)44-22-9-20-42-21-23-44)18-16-39(6)30(31(41)26-36)11-12-33-38(5)25-29(24-28-10-8-19-43-27-28)34(45)37(3,4)32(38)13-14-40(33,39)7/h8,10-11,19,24,27,31-33,42H,9,12-18,20-23,25-26H2,1-7H3/b29-24+/t31-,32+,33-,38+,39-,40-,41+/m1/s1. The number of fused-ring (bicyclic) bond motifs is 7. The lowest BCUT2D eigenvalue weighted by Crippen LogP contribution is -2.65. The lowest BCUT2D eigenvalue weighted by atomic mass is 9.33. The zero-order valence-electron chi connectivity index (χ0n) is 29.8. The molecule has 7 rings (SSSR count). The van der Waals surface area contributed by atoms with Crippen molar-refractivity contribution in [2.75, 3.05) is 26.2 Å². The summed E-state index contributed by atoms with van der Waals surface area (Å²) < 4.78 is 0. The summed E-state index contributed by atoms with van der Waals surface area (Å²) >= 11 is 0. The highest BCUT2D eigenvalue weighted by molar-refractivity contribution is 6.04. The summed E-state index contributed by atoms with van der Waals surface area (Å²) in [6, 6.07) is 4.03. The van der Waals surface area contributed by atoms with Crippen molar-refractivity contribution in [3.05, 3.63) is 47.3 Å². The summed E-state index contributed by atoms with van der Waals surface area (Å²) in [6.45, 7) is 20.8. The van der Waals surface area contributed by atoms with Gasteiger partial charge in [0.25, 0.3) is 0 Å². The predicted octanol–water partition coefficient (Wildman–Crippen LogP) is 8.27. The quantitative estimate of drug-likeness (QED) is 0.266. The first-order valence-electron chi connectivity index (χ1n) is 18.5. The van der Waals surface area contributed by atoms with Gasteiger partial charge in [0.1, 0.15) is 0 Å². The van der Waals surface area contributed by atoms with Gasteiger partial charge in [-0.2, -0.15) is 0 Å². The second-order valence-electron chi connectivity index (χ2n) is 18.5. The third-order valence-corrected chi connectivity index (χ3v) is 15.3. The average Bonchev–Trinajstić information content (AvgIpc) is 3.30. The topological polar surface area (TPSA) is 62.3 Å². The van der Waals surface area contributed by atoms with Crippen LogP contribution in [0.3, 0.4) is 0 Å². The maximum atomic E-state index is 14.8. The Balaban J connectivity index is 1.29. The first-order valence-corrected chi connectivity index (χ1v) is 18.5. The SMILES string of the molecule is CC1(C)CC[C@]2(C(=O)N3CCCNCC3)CC[C@]3(C)C(=CC[C@@H]4[C@@]5(C)C/C(=C\c6cccnc6)C(=O)C(C)(C)[C@@H]5CC[C@]43C)[C@H]2C1. The van der Waals surface area contributed by atoms with Crippen molar-refractivity contribution >= 4 is 17.8 Å². The van der Waals surface area contributed by atoms with E-state index in [1.165, 1.54) is 6.42 Å². The molecule has 0 bridgehead atoms. The van der Waals surface area contributed by atoms with Gasteiger partial charge >= 0.3 is 0 Å². The van der Waals surface area contributed by atoms with E-state index < -0.39 is 5.41 Å². The molecule has 46 heavy (non-hydrogen) atoms. The molecule has 6 aliphatic rings. The summed E-state index contributed by atoms with van der Waals surface area (Å²) in [5.41, 5.74) is 3.44. The van der Waals surface area contributed by atoms with Gasteiger partial charge in [-0.05, 0) is 133 Å². The van der Waals surface area contributed by atoms with Crippen LogP contribution in [-0.4, -0.2) is 47.8 Å². The molecule has 2 heterocycles. The Hall–Kier alpha value is -2.27. The van der Waals surface area contributed by atoms with Crippen LogP contribution < -0.4 is 5.32 Å². The van der Waals surface area contributed by atoms with Crippen molar-refractivity contribution in [3.63, 3.8) is 0 Å². The van der Waals surface area contributed by atoms with E-state index in [2.05, 4.69) is 81.9 Å². The van der Waals surface area contributed by atoms with Gasteiger partial charge in [-0.3, -0.25) is 14.6 Å². The number of carbonyl (C=O) groups is 2. The molecule has 0 unspecified atom stereocenters. The Kier molecular flexibility index (Phi) is 7.63. The van der Waals surface area contributed by atoms with E-state index in [4.69, 9.17) is 0 Å². The second-order valence-corrected chi connectivity index (χ2v) is 18.5. The molecule has 250 valence electrons. The van der Waals surface area contributed by atoms with Crippen molar-refractivity contribution in [1.29, 1.82) is 0 Å². The van der Waals surface area contributed by atoms with Gasteiger partial charge in [0.15, 0.2) is 5.78 Å². The number of nitrogens with zero attached hydrogens (tertiary/aromatic N) is 2. The fourth-order valence-corrected chi connectivity index (χ4v) is 12.6. The Bertz CT molecular complexity index is 1450. The molecule has 0 radical (unpaired) electrons. The number of ketones is 1. The minimum atomic E-state index is -0.392. The van der Waals surface area contributed by atoms with E-state index >= 15 is 0 Å². The molecule has 5 fully saturated rings. The van der Waals surface area contributed by atoms with Gasteiger partial charge in [0, 0.05) is 37.4 Å². The van der Waals surface area contributed by atoms with Gasteiger partial charge in [-0.25, -0.2) is 0 Å². The normalized spacial score (nSPS) is 42.5. The van der Waals surface area contributed by atoms with E-state index in [1.807, 2.05) is 12.3 Å². The lowest BCUT2D eigenvalue weighted by Gasteiger charge is -2.71. The highest BCUT2D eigenvalue weighted by atomic mass is 16.2. The molecule has 4 saturated carbocycles. The van der Waals surface area contributed by atoms with Crippen LogP contribution in [-0.2, 0) is 9.59 Å². The number of hydrogen-bond acceptors (Lipinski definition) is 4. The minimum Gasteiger partial charge on any atom is -0.341 e. The zero-order chi connectivity index (χ0) is 32.8. The number of carbonyl (C=O) groups excluding carboxylic acids is 2. The third-order valence-electron chi connectivity index (χ3n) is 15.3. The fourth-order valence-electron chi connectivity index (χ4n) is 12.6. The van der Waals surface area contributed by atoms with Crippen molar-refractivity contribution in [3.8, 4) is 0 Å². The maximum absolute atomic E-state index is 14.8. The molecule has 1 saturated heterocycles. The molecule has 1 aromatic heterocycles. The van der Waals surface area contributed by atoms with Crippen molar-refractivity contribution < 1.29 is 9.59 Å². The molecule has 5 heteroatoms. The molecule has 5 aliphatic carbocycles. The van der Waals surface area contributed by atoms with Gasteiger partial charge in [0.05, 0.1) is 5.41 Å². The summed E-state index contributed by atoms with van der Waals surface area (Å²) in [5.74, 6) is 1.97. The molecule has 1 aliphatic heterocycles. The lowest BCUT2D eigenvalue weighted by molar-refractivity contribution is -0.182. The average molecular weight is 626 g/mol. The highest BCUT2D eigenvalue weighted by Crippen LogP contribution is 2.76. The fraction of sp³-hybridized carbons (Fsp3) is 0.732. The molecule has 1 N–H and O–H groups in total. The summed E-state index contributed by atoms with van der Waals surface area (Å²) in [6.07, 6.45) is 19.1. The minimum absolute atomic E-state index is 0.0265. The van der Waals surface area contributed by atoms with Gasteiger partial charge in [-0.15, -0.1) is 0 Å². The Labute approximate surface area is 278 Å². The summed E-state index contributed by atoms with van der Waals surface area (Å²) in [7, 11) is 0. The number of amides is 1. The number of hydrogen-bond donors (Lipinski definition) is 1. The van der Waals surface area contributed by atoms with Crippen LogP contribution in [0.15, 0.2) is 41.7 Å². The van der Waals surface area contributed by atoms with Crippen LogP contribution in [0, 0.1) is 50.2 Å². The number of pyridine rings is 1. The molecule has 1 amide bonds. The van der Waals surface area contributed by atoms with E-state index in [1.54, 1.807) is 11.8 Å². The van der Waals surface area contributed by atoms with Crippen LogP contribution in [0.25, 0.3) is 6.08 Å². The molecule has 0 aromatic carbocycles. The largest absolute Gasteiger partial charge is 0.341 e. The van der Waals surface area contributed by atoms with Gasteiger partial charge in [0.2, 0.25) is 5.91 Å². The Morgan fingerprint density at radius 1 is 0.978 bits per heavy atom. The third kappa shape index (κ3) is 4.60. The molecule has 0 spiro atoms. The summed E-state index contributed by atoms with van der Waals surface area (Å²) in [4.78, 5) is 35.5. The molecular weight excluding hydrogens is 566 g/mol. The van der Waals surface area contributed by atoms with E-state index in [0.29, 0.717) is 29.4 Å². The Morgan fingerprint density at radius 3 is 2.52 bits per heavy atom. The second kappa shape index (κ2) is 10.9. The number of Topliss-reactive ketones (excluding diaryl/α,β-unsaturated/α-hetero) is 1. The van der Waals surface area contributed by atoms with Crippen LogP contribution in [0.5, 0.6) is 0 Å². The molecule has 1 aromatic rings. The van der Waals surface area contributed by atoms with Crippen molar-refractivity contribution in [2.24, 2.45) is 50.2 Å². The molecule has 7 atom stereocenters.